The Labute approximate surface area is 257 Å². The lowest BCUT2D eigenvalue weighted by Crippen LogP contribution is -2.56. The van der Waals surface area contributed by atoms with Crippen LogP contribution >= 0.6 is 23.2 Å². The molecule has 3 aromatic rings. The van der Waals surface area contributed by atoms with E-state index < -0.39 is 46.0 Å². The normalized spacial score (nSPS) is 12.6. The minimum Gasteiger partial charge on any atom is -0.350 e. The van der Waals surface area contributed by atoms with Crippen molar-refractivity contribution in [1.29, 1.82) is 0 Å². The Morgan fingerprint density at radius 1 is 0.952 bits per heavy atom. The van der Waals surface area contributed by atoms with E-state index in [4.69, 9.17) is 23.2 Å². The Balaban J connectivity index is 2.15. The van der Waals surface area contributed by atoms with E-state index in [1.54, 1.807) is 12.1 Å². The molecule has 0 saturated heterocycles. The highest BCUT2D eigenvalue weighted by Gasteiger charge is 2.36. The minimum atomic E-state index is -4.33. The summed E-state index contributed by atoms with van der Waals surface area (Å²) in [5.41, 5.74) is 0.330. The zero-order valence-electron chi connectivity index (χ0n) is 24.1. The van der Waals surface area contributed by atoms with Gasteiger partial charge in [0.1, 0.15) is 18.4 Å². The van der Waals surface area contributed by atoms with Crippen LogP contribution in [0.4, 0.5) is 10.1 Å². The molecule has 42 heavy (non-hydrogen) atoms. The van der Waals surface area contributed by atoms with E-state index in [2.05, 4.69) is 5.32 Å². The van der Waals surface area contributed by atoms with Crippen LogP contribution in [0.5, 0.6) is 0 Å². The molecule has 0 aliphatic rings. The Kier molecular flexibility index (Phi) is 11.0. The van der Waals surface area contributed by atoms with Crippen molar-refractivity contribution in [3.05, 3.63) is 99.8 Å². The summed E-state index contributed by atoms with van der Waals surface area (Å²) in [4.78, 5) is 29.3. The fourth-order valence-electron chi connectivity index (χ4n) is 4.20. The number of hydrogen-bond donors (Lipinski definition) is 1. The lowest BCUT2D eigenvalue weighted by atomic mass is 10.0. The van der Waals surface area contributed by atoms with Crippen LogP contribution in [-0.4, -0.2) is 61.7 Å². The van der Waals surface area contributed by atoms with Gasteiger partial charge in [-0.1, -0.05) is 71.7 Å². The standard InChI is InChI=1S/C30H35Cl2FN4O4S/c1-30(2,3)34-29(39)27(17-21-11-7-6-8-12-21)36(19-22-15-16-23(31)18-24(22)32)28(38)20-37(42(40,41)35(4)5)26-14-10-9-13-25(26)33/h6-16,18,27H,17,19-20H2,1-5H3,(H,34,39)/t27-/m0/s1. The smallest absolute Gasteiger partial charge is 0.304 e. The van der Waals surface area contributed by atoms with E-state index in [0.717, 1.165) is 15.9 Å². The number of amides is 2. The van der Waals surface area contributed by atoms with Gasteiger partial charge in [0, 0.05) is 42.6 Å². The van der Waals surface area contributed by atoms with Gasteiger partial charge in [0.15, 0.2) is 0 Å². The summed E-state index contributed by atoms with van der Waals surface area (Å²) in [6.07, 6.45) is 0.125. The topological polar surface area (TPSA) is 90.0 Å². The fraction of sp³-hybridized carbons (Fsp3) is 0.333. The SMILES string of the molecule is CN(C)S(=O)(=O)N(CC(=O)N(Cc1ccc(Cl)cc1Cl)[C@@H](Cc1ccccc1)C(=O)NC(C)(C)C)c1ccccc1F. The van der Waals surface area contributed by atoms with E-state index in [0.29, 0.717) is 14.9 Å². The van der Waals surface area contributed by atoms with Gasteiger partial charge in [-0.25, -0.2) is 8.70 Å². The van der Waals surface area contributed by atoms with Crippen LogP contribution in [0.15, 0.2) is 72.8 Å². The molecular weight excluding hydrogens is 602 g/mol. The predicted molar refractivity (Wildman–Crippen MR) is 165 cm³/mol. The number of rotatable bonds is 11. The first-order chi connectivity index (χ1) is 19.6. The molecule has 0 aliphatic carbocycles. The third kappa shape index (κ3) is 8.67. The summed E-state index contributed by atoms with van der Waals surface area (Å²) in [5.74, 6) is -2.01. The molecule has 0 spiro atoms. The molecule has 1 N–H and O–H groups in total. The molecule has 0 heterocycles. The molecule has 0 fully saturated rings. The summed E-state index contributed by atoms with van der Waals surface area (Å²) in [5, 5.41) is 3.59. The number of anilines is 1. The highest BCUT2D eigenvalue weighted by Crippen LogP contribution is 2.27. The number of hydrogen-bond acceptors (Lipinski definition) is 4. The van der Waals surface area contributed by atoms with Gasteiger partial charge in [-0.2, -0.15) is 12.7 Å². The van der Waals surface area contributed by atoms with Crippen LogP contribution in [0.3, 0.4) is 0 Å². The summed E-state index contributed by atoms with van der Waals surface area (Å²) in [7, 11) is -1.76. The first-order valence-corrected chi connectivity index (χ1v) is 15.3. The van der Waals surface area contributed by atoms with Crippen molar-refractivity contribution in [1.82, 2.24) is 14.5 Å². The Morgan fingerprint density at radius 3 is 2.14 bits per heavy atom. The predicted octanol–water partition coefficient (Wildman–Crippen LogP) is 5.30. The van der Waals surface area contributed by atoms with Crippen LogP contribution < -0.4 is 9.62 Å². The van der Waals surface area contributed by atoms with Gasteiger partial charge < -0.3 is 10.2 Å². The second-order valence-electron chi connectivity index (χ2n) is 11.0. The molecule has 0 radical (unpaired) electrons. The van der Waals surface area contributed by atoms with E-state index >= 15 is 0 Å². The summed E-state index contributed by atoms with van der Waals surface area (Å²) in [6.45, 7) is 4.53. The first kappa shape index (κ1) is 33.3. The molecule has 8 nitrogen and oxygen atoms in total. The zero-order chi connectivity index (χ0) is 31.2. The molecule has 226 valence electrons. The zero-order valence-corrected chi connectivity index (χ0v) is 26.5. The van der Waals surface area contributed by atoms with Crippen LogP contribution in [0.2, 0.25) is 10.0 Å². The van der Waals surface area contributed by atoms with E-state index in [-0.39, 0.29) is 23.7 Å². The second kappa shape index (κ2) is 13.9. The van der Waals surface area contributed by atoms with E-state index in [1.807, 2.05) is 51.1 Å². The molecule has 3 aromatic carbocycles. The van der Waals surface area contributed by atoms with Crippen molar-refractivity contribution < 1.29 is 22.4 Å². The van der Waals surface area contributed by atoms with Gasteiger partial charge in [-0.15, -0.1) is 0 Å². The minimum absolute atomic E-state index is 0.125. The van der Waals surface area contributed by atoms with Crippen molar-refractivity contribution in [2.24, 2.45) is 0 Å². The van der Waals surface area contributed by atoms with Crippen LogP contribution in [0.25, 0.3) is 0 Å². The highest BCUT2D eigenvalue weighted by atomic mass is 35.5. The van der Waals surface area contributed by atoms with Gasteiger partial charge in [0.2, 0.25) is 11.8 Å². The maximum absolute atomic E-state index is 14.9. The van der Waals surface area contributed by atoms with Crippen LogP contribution in [-0.2, 0) is 32.8 Å². The molecule has 2 amide bonds. The number of para-hydroxylation sites is 1. The summed E-state index contributed by atoms with van der Waals surface area (Å²) >= 11 is 12.6. The van der Waals surface area contributed by atoms with Crippen molar-refractivity contribution in [2.75, 3.05) is 24.9 Å². The highest BCUT2D eigenvalue weighted by molar-refractivity contribution is 7.90. The average molecular weight is 638 g/mol. The average Bonchev–Trinajstić information content (AvgIpc) is 2.90. The Bertz CT molecular complexity index is 1520. The molecular formula is C30H35Cl2FN4O4S. The van der Waals surface area contributed by atoms with Crippen molar-refractivity contribution >= 4 is 50.9 Å². The molecule has 12 heteroatoms. The van der Waals surface area contributed by atoms with Crippen molar-refractivity contribution in [3.63, 3.8) is 0 Å². The monoisotopic (exact) mass is 636 g/mol. The van der Waals surface area contributed by atoms with E-state index in [9.17, 15) is 22.4 Å². The van der Waals surface area contributed by atoms with Crippen LogP contribution in [0.1, 0.15) is 31.9 Å². The summed E-state index contributed by atoms with van der Waals surface area (Å²) < 4.78 is 43.3. The molecule has 0 aromatic heterocycles. The number of carbonyl (C=O) groups excluding carboxylic acids is 2. The Hall–Kier alpha value is -3.18. The quantitative estimate of drug-likeness (QED) is 0.309. The fourth-order valence-corrected chi connectivity index (χ4v) is 5.73. The molecule has 0 unspecified atom stereocenters. The number of nitrogens with one attached hydrogen (secondary N) is 1. The first-order valence-electron chi connectivity index (χ1n) is 13.1. The number of carbonyl (C=O) groups is 2. The van der Waals surface area contributed by atoms with Crippen LogP contribution in [0, 0.1) is 5.82 Å². The molecule has 3 rings (SSSR count). The molecule has 0 bridgehead atoms. The molecule has 0 saturated carbocycles. The second-order valence-corrected chi connectivity index (χ2v) is 13.9. The summed E-state index contributed by atoms with van der Waals surface area (Å²) in [6, 6.07) is 18.1. The third-order valence-electron chi connectivity index (χ3n) is 6.27. The van der Waals surface area contributed by atoms with Gasteiger partial charge >= 0.3 is 10.2 Å². The van der Waals surface area contributed by atoms with Crippen molar-refractivity contribution in [2.45, 2.75) is 45.3 Å². The number of benzene rings is 3. The lowest BCUT2D eigenvalue weighted by Gasteiger charge is -2.36. The van der Waals surface area contributed by atoms with E-state index in [1.165, 1.54) is 43.3 Å². The number of nitrogens with zero attached hydrogens (tertiary/aromatic N) is 3. The maximum Gasteiger partial charge on any atom is 0.304 e. The van der Waals surface area contributed by atoms with Gasteiger partial charge in [-0.05, 0) is 56.2 Å². The lowest BCUT2D eigenvalue weighted by molar-refractivity contribution is -0.140. The van der Waals surface area contributed by atoms with Gasteiger partial charge in [0.05, 0.1) is 5.69 Å². The van der Waals surface area contributed by atoms with Gasteiger partial charge in [-0.3, -0.25) is 9.59 Å². The Morgan fingerprint density at radius 2 is 1.57 bits per heavy atom. The third-order valence-corrected chi connectivity index (χ3v) is 8.66. The van der Waals surface area contributed by atoms with Gasteiger partial charge in [0.25, 0.3) is 0 Å². The molecule has 1 atom stereocenters. The molecule has 0 aliphatic heterocycles. The maximum atomic E-state index is 14.9. The van der Waals surface area contributed by atoms with Crippen molar-refractivity contribution in [3.8, 4) is 0 Å². The largest absolute Gasteiger partial charge is 0.350 e. The number of halogens is 3.